The van der Waals surface area contributed by atoms with E-state index in [0.29, 0.717) is 25.7 Å². The van der Waals surface area contributed by atoms with Gasteiger partial charge < -0.3 is 14.8 Å². The number of cyclic esters (lactones) is 2. The predicted molar refractivity (Wildman–Crippen MR) is 136 cm³/mol. The summed E-state index contributed by atoms with van der Waals surface area (Å²) in [6.07, 6.45) is 12.1. The molecule has 3 rings (SSSR count). The van der Waals surface area contributed by atoms with Crippen LogP contribution in [-0.2, 0) is 14.3 Å². The normalized spacial score (nSPS) is 22.8. The summed E-state index contributed by atoms with van der Waals surface area (Å²) < 4.78 is 12.3. The number of hydrogen-bond donors (Lipinski definition) is 2. The number of nitrogens with zero attached hydrogens (tertiary/aromatic N) is 2. The topological polar surface area (TPSA) is 97.1 Å². The fourth-order valence-corrected chi connectivity index (χ4v) is 4.29. The average Bonchev–Trinajstić information content (AvgIpc) is 3.52. The minimum absolute atomic E-state index is 0.0627. The molecule has 0 spiro atoms. The summed E-state index contributed by atoms with van der Waals surface area (Å²) in [4.78, 5) is 35.7. The van der Waals surface area contributed by atoms with Gasteiger partial charge in [0.25, 0.3) is 0 Å². The summed E-state index contributed by atoms with van der Waals surface area (Å²) in [6.45, 7) is 5.25. The molecular formula is C22H36BBrN3O5S. The third kappa shape index (κ3) is 11.1. The van der Waals surface area contributed by atoms with E-state index in [1.807, 2.05) is 0 Å². The number of halogens is 1. The van der Waals surface area contributed by atoms with Gasteiger partial charge >= 0.3 is 36.9 Å². The van der Waals surface area contributed by atoms with E-state index in [1.54, 1.807) is 4.90 Å². The molecule has 3 aliphatic rings. The van der Waals surface area contributed by atoms with Crippen LogP contribution in [0.1, 0.15) is 78.1 Å². The van der Waals surface area contributed by atoms with E-state index in [1.165, 1.54) is 25.0 Å². The number of alkyl halides is 1. The fraction of sp³-hybridized carbons (Fsp3) is 0.773. The van der Waals surface area contributed by atoms with Crippen molar-refractivity contribution in [2.75, 3.05) is 13.2 Å². The first-order valence-electron chi connectivity index (χ1n) is 11.7. The van der Waals surface area contributed by atoms with E-state index in [2.05, 4.69) is 65.9 Å². The molecule has 0 aromatic rings. The second-order valence-corrected chi connectivity index (χ2v) is 9.35. The van der Waals surface area contributed by atoms with Crippen LogP contribution in [0.4, 0.5) is 9.59 Å². The first-order chi connectivity index (χ1) is 15.9. The van der Waals surface area contributed by atoms with E-state index in [0.717, 1.165) is 38.5 Å². The van der Waals surface area contributed by atoms with Crippen molar-refractivity contribution in [3.05, 3.63) is 11.8 Å². The molecule has 3 aliphatic heterocycles. The van der Waals surface area contributed by atoms with Gasteiger partial charge in [-0.2, -0.15) is 0 Å². The molecule has 0 aromatic carbocycles. The molecule has 0 aromatic heterocycles. The number of nitrogens with one attached hydrogen (secondary N) is 1. The van der Waals surface area contributed by atoms with Crippen LogP contribution in [0.5, 0.6) is 0 Å². The van der Waals surface area contributed by atoms with Crippen LogP contribution in [0.25, 0.3) is 0 Å². The molecule has 3 atom stereocenters. The van der Waals surface area contributed by atoms with Crippen LogP contribution in [0.15, 0.2) is 16.1 Å². The third-order valence-corrected chi connectivity index (χ3v) is 6.39. The number of alkyl carbamates (subject to hydrolysis) is 1. The first-order valence-corrected chi connectivity index (χ1v) is 13.0. The molecule has 0 bridgehead atoms. The number of thiol groups is 1. The number of ketones is 1. The Hall–Kier alpha value is -1.36. The number of carbonyl (C=O) groups is 3. The van der Waals surface area contributed by atoms with Crippen LogP contribution in [0.3, 0.4) is 0 Å². The molecule has 11 heteroatoms. The van der Waals surface area contributed by atoms with E-state index < -0.39 is 6.09 Å². The van der Waals surface area contributed by atoms with Gasteiger partial charge in [0.1, 0.15) is 0 Å². The first kappa shape index (κ1) is 29.7. The summed E-state index contributed by atoms with van der Waals surface area (Å²) in [6, 6.07) is 0.00475. The fourth-order valence-electron chi connectivity index (χ4n) is 3.64. The van der Waals surface area contributed by atoms with Crippen LogP contribution in [0.2, 0.25) is 0 Å². The Morgan fingerprint density at radius 3 is 2.45 bits per heavy atom. The standard InChI is InChI=1S/C11H18BrNO3.C11H17NO2.BHNS/c1-2-3-4-5-8(12)10(14)9-6-7-16-11(15)13-9;1-2-3-4-5-6-9-10-7-8-14-11(13)12(9)10;1-2-3/h8-9H,2-7H2,1H3,(H,13,15);6,10H,2-5,7-8H2,1H3;3H/t8-,9?;;/m0../s1. The van der Waals surface area contributed by atoms with Gasteiger partial charge in [0.05, 0.1) is 30.1 Å². The van der Waals surface area contributed by atoms with Gasteiger partial charge in [-0.1, -0.05) is 68.0 Å². The minimum atomic E-state index is -0.488. The molecule has 33 heavy (non-hydrogen) atoms. The summed E-state index contributed by atoms with van der Waals surface area (Å²) >= 11 is 6.58. The zero-order valence-corrected chi connectivity index (χ0v) is 22.1. The Kier molecular flexibility index (Phi) is 15.4. The van der Waals surface area contributed by atoms with Crippen molar-refractivity contribution < 1.29 is 23.9 Å². The van der Waals surface area contributed by atoms with Crippen molar-refractivity contribution in [3.8, 4) is 0 Å². The van der Waals surface area contributed by atoms with Crippen molar-refractivity contribution in [3.63, 3.8) is 0 Å². The zero-order chi connectivity index (χ0) is 24.6. The number of allylic oxidation sites excluding steroid dienone is 1. The van der Waals surface area contributed by atoms with Crippen LogP contribution >= 0.6 is 28.7 Å². The molecule has 3 heterocycles. The van der Waals surface area contributed by atoms with Crippen molar-refractivity contribution >= 4 is 54.4 Å². The van der Waals surface area contributed by atoms with Gasteiger partial charge in [-0.15, -0.1) is 0 Å². The molecule has 0 aliphatic carbocycles. The summed E-state index contributed by atoms with van der Waals surface area (Å²) in [7, 11) is 4.34. The number of carbonyl (C=O) groups excluding carboxylic acids is 3. The molecule has 2 amide bonds. The Labute approximate surface area is 212 Å². The third-order valence-electron chi connectivity index (χ3n) is 5.48. The molecule has 1 N–H and O–H groups in total. The van der Waals surface area contributed by atoms with Gasteiger partial charge in [0.15, 0.2) is 5.78 Å². The number of fused-ring (bicyclic) bond motifs is 1. The van der Waals surface area contributed by atoms with E-state index in [9.17, 15) is 14.4 Å². The summed E-state index contributed by atoms with van der Waals surface area (Å²) in [5.41, 5.74) is 1.20. The summed E-state index contributed by atoms with van der Waals surface area (Å²) in [5, 5.41) is 2.55. The molecule has 3 saturated heterocycles. The van der Waals surface area contributed by atoms with Crippen molar-refractivity contribution in [2.45, 2.75) is 95.0 Å². The Balaban J connectivity index is 0.000000297. The maximum absolute atomic E-state index is 11.9. The van der Waals surface area contributed by atoms with E-state index in [4.69, 9.17) is 9.47 Å². The quantitative estimate of drug-likeness (QED) is 0.128. The number of Topliss-reactive ketones (excluding diaryl/α,β-unsaturated/α-hetero) is 1. The van der Waals surface area contributed by atoms with Crippen LogP contribution < -0.4 is 5.32 Å². The summed E-state index contributed by atoms with van der Waals surface area (Å²) in [5.74, 6) is 0.0627. The number of amides is 2. The maximum atomic E-state index is 11.9. The van der Waals surface area contributed by atoms with E-state index >= 15 is 0 Å². The Bertz CT molecular complexity index is 682. The average molecular weight is 545 g/mol. The molecule has 3 fully saturated rings. The van der Waals surface area contributed by atoms with Crippen molar-refractivity contribution in [2.24, 2.45) is 4.30 Å². The zero-order valence-electron chi connectivity index (χ0n) is 19.6. The number of hydrogen-bond acceptors (Lipinski definition) is 7. The predicted octanol–water partition coefficient (Wildman–Crippen LogP) is 5.26. The van der Waals surface area contributed by atoms with Crippen LogP contribution in [-0.4, -0.2) is 60.6 Å². The van der Waals surface area contributed by atoms with Gasteiger partial charge in [-0.25, -0.2) is 9.59 Å². The molecular weight excluding hydrogens is 509 g/mol. The number of ether oxygens (including phenoxy) is 2. The van der Waals surface area contributed by atoms with Crippen LogP contribution in [0, 0.1) is 0 Å². The molecule has 185 valence electrons. The molecule has 1 radical (unpaired) electrons. The van der Waals surface area contributed by atoms with Gasteiger partial charge in [0, 0.05) is 18.5 Å². The van der Waals surface area contributed by atoms with Gasteiger partial charge in [0.2, 0.25) is 0 Å². The molecule has 2 unspecified atom stereocenters. The number of unbranched alkanes of at least 4 members (excludes halogenated alkanes) is 5. The van der Waals surface area contributed by atoms with Gasteiger partial charge in [-0.3, -0.25) is 9.69 Å². The molecule has 0 saturated carbocycles. The van der Waals surface area contributed by atoms with Crippen molar-refractivity contribution in [1.29, 1.82) is 0 Å². The van der Waals surface area contributed by atoms with E-state index in [-0.39, 0.29) is 22.7 Å². The second kappa shape index (κ2) is 17.1. The Morgan fingerprint density at radius 2 is 1.85 bits per heavy atom. The van der Waals surface area contributed by atoms with Gasteiger partial charge in [-0.05, 0) is 19.3 Å². The second-order valence-electron chi connectivity index (χ2n) is 8.02. The monoisotopic (exact) mass is 544 g/mol. The molecule has 8 nitrogen and oxygen atoms in total. The SMILES string of the molecule is CCCCCC=C1C2CCOC(=O)N12.CCCCC[C@H](Br)C(=O)C1CCOC(=O)N1.[B]=NS. The number of rotatable bonds is 10. The van der Waals surface area contributed by atoms with Crippen molar-refractivity contribution in [1.82, 2.24) is 10.2 Å². The Morgan fingerprint density at radius 1 is 1.21 bits per heavy atom.